The van der Waals surface area contributed by atoms with Gasteiger partial charge in [0, 0.05) is 0 Å². The van der Waals surface area contributed by atoms with Crippen molar-refractivity contribution in [2.24, 2.45) is 40.4 Å². The minimum Gasteiger partial charge on any atom is -0.0848 e. The molecule has 0 heteroatoms. The minimum absolute atomic E-state index is 0.634. The Balaban J connectivity index is 1.63. The van der Waals surface area contributed by atoms with E-state index in [2.05, 4.69) is 33.8 Å². The van der Waals surface area contributed by atoms with Crippen LogP contribution >= 0.6 is 0 Å². The first kappa shape index (κ1) is 15.3. The summed E-state index contributed by atoms with van der Waals surface area (Å²) in [4.78, 5) is 0. The summed E-state index contributed by atoms with van der Waals surface area (Å²) in [5.41, 5.74) is 3.08. The number of rotatable bonds is 1. The number of hydrogen-bond donors (Lipinski definition) is 0. The Morgan fingerprint density at radius 1 is 1.00 bits per heavy atom. The average molecular weight is 301 g/mol. The van der Waals surface area contributed by atoms with Crippen molar-refractivity contribution < 1.29 is 0 Å². The van der Waals surface area contributed by atoms with Crippen molar-refractivity contribution in [3.8, 4) is 0 Å². The predicted octanol–water partition coefficient (Wildman–Crippen LogP) is 6.61. The maximum absolute atomic E-state index is 2.68. The van der Waals surface area contributed by atoms with Crippen LogP contribution in [0.2, 0.25) is 0 Å². The van der Waals surface area contributed by atoms with Gasteiger partial charge in [0.25, 0.3) is 0 Å². The molecule has 0 aromatic carbocycles. The smallest absolute Gasteiger partial charge is 0.0229 e. The maximum atomic E-state index is 2.68. The lowest BCUT2D eigenvalue weighted by atomic mass is 9.45. The van der Waals surface area contributed by atoms with Crippen molar-refractivity contribution in [2.45, 2.75) is 85.5 Å². The summed E-state index contributed by atoms with van der Waals surface area (Å²) in [5.74, 6) is 5.11. The van der Waals surface area contributed by atoms with E-state index in [0.29, 0.717) is 10.8 Å². The van der Waals surface area contributed by atoms with Gasteiger partial charge in [-0.1, -0.05) is 39.3 Å². The molecule has 0 nitrogen and oxygen atoms in total. The molecule has 3 fully saturated rings. The third kappa shape index (κ3) is 1.94. The Hall–Kier alpha value is -0.260. The zero-order valence-electron chi connectivity index (χ0n) is 15.3. The first-order chi connectivity index (χ1) is 10.5. The highest BCUT2D eigenvalue weighted by Gasteiger charge is 2.58. The van der Waals surface area contributed by atoms with E-state index in [1.54, 1.807) is 12.0 Å². The predicted molar refractivity (Wildman–Crippen MR) is 94.6 cm³/mol. The van der Waals surface area contributed by atoms with Crippen LogP contribution in [-0.2, 0) is 0 Å². The zero-order chi connectivity index (χ0) is 15.5. The van der Waals surface area contributed by atoms with Crippen LogP contribution < -0.4 is 0 Å². The van der Waals surface area contributed by atoms with Gasteiger partial charge < -0.3 is 0 Å². The van der Waals surface area contributed by atoms with Gasteiger partial charge in [0.2, 0.25) is 0 Å². The second-order valence-corrected chi connectivity index (χ2v) is 9.80. The molecule has 0 aliphatic heterocycles. The summed E-state index contributed by atoms with van der Waals surface area (Å²) in [6, 6.07) is 0. The summed E-state index contributed by atoms with van der Waals surface area (Å²) in [5, 5.41) is 0. The Labute approximate surface area is 138 Å². The van der Waals surface area contributed by atoms with Crippen LogP contribution in [-0.4, -0.2) is 0 Å². The SMILES string of the molecule is CCC1=CCC2(C)C(CCC3C4CCC(C)C4(C)CCC32)C1. The second kappa shape index (κ2) is 5.12. The molecule has 0 bridgehead atoms. The molecule has 4 aliphatic rings. The molecule has 124 valence electrons. The van der Waals surface area contributed by atoms with Crippen molar-refractivity contribution in [3.63, 3.8) is 0 Å². The molecular formula is C22H36. The van der Waals surface area contributed by atoms with Gasteiger partial charge in [-0.15, -0.1) is 0 Å². The fourth-order valence-electron chi connectivity index (χ4n) is 7.50. The van der Waals surface area contributed by atoms with E-state index in [1.807, 2.05) is 0 Å². The largest absolute Gasteiger partial charge is 0.0848 e. The first-order valence-corrected chi connectivity index (χ1v) is 10.2. The summed E-state index contributed by atoms with van der Waals surface area (Å²) in [7, 11) is 0. The van der Waals surface area contributed by atoms with Crippen LogP contribution in [0.4, 0.5) is 0 Å². The van der Waals surface area contributed by atoms with Crippen LogP contribution in [0.3, 0.4) is 0 Å². The Morgan fingerprint density at radius 2 is 1.77 bits per heavy atom. The first-order valence-electron chi connectivity index (χ1n) is 10.2. The summed E-state index contributed by atoms with van der Waals surface area (Å²) < 4.78 is 0. The maximum Gasteiger partial charge on any atom is -0.0229 e. The lowest BCUT2D eigenvalue weighted by molar-refractivity contribution is -0.0958. The molecule has 4 rings (SSSR count). The van der Waals surface area contributed by atoms with E-state index in [9.17, 15) is 0 Å². The molecule has 22 heavy (non-hydrogen) atoms. The number of fused-ring (bicyclic) bond motifs is 5. The molecule has 4 aliphatic carbocycles. The van der Waals surface area contributed by atoms with Gasteiger partial charge in [-0.2, -0.15) is 0 Å². The van der Waals surface area contributed by atoms with E-state index in [4.69, 9.17) is 0 Å². The van der Waals surface area contributed by atoms with Crippen molar-refractivity contribution in [2.75, 3.05) is 0 Å². The Bertz CT molecular complexity index is 474. The fraction of sp³-hybridized carbons (Fsp3) is 0.909. The van der Waals surface area contributed by atoms with Crippen molar-refractivity contribution in [1.82, 2.24) is 0 Å². The lowest BCUT2D eigenvalue weighted by Crippen LogP contribution is -2.52. The van der Waals surface area contributed by atoms with Crippen LogP contribution in [0.5, 0.6) is 0 Å². The van der Waals surface area contributed by atoms with Crippen LogP contribution in [0.15, 0.2) is 11.6 Å². The molecule has 0 spiro atoms. The van der Waals surface area contributed by atoms with Crippen molar-refractivity contribution in [3.05, 3.63) is 11.6 Å². The molecule has 0 heterocycles. The molecule has 3 saturated carbocycles. The fourth-order valence-corrected chi connectivity index (χ4v) is 7.50. The van der Waals surface area contributed by atoms with Crippen molar-refractivity contribution in [1.29, 1.82) is 0 Å². The summed E-state index contributed by atoms with van der Waals surface area (Å²) in [6.45, 7) is 10.2. The van der Waals surface area contributed by atoms with E-state index in [1.165, 1.54) is 51.4 Å². The zero-order valence-corrected chi connectivity index (χ0v) is 15.3. The van der Waals surface area contributed by atoms with Gasteiger partial charge in [0.05, 0.1) is 0 Å². The molecule has 0 aromatic rings. The molecular weight excluding hydrogens is 264 g/mol. The van der Waals surface area contributed by atoms with Gasteiger partial charge in [-0.3, -0.25) is 0 Å². The van der Waals surface area contributed by atoms with E-state index < -0.39 is 0 Å². The number of hydrogen-bond acceptors (Lipinski definition) is 0. The molecule has 0 N–H and O–H groups in total. The van der Waals surface area contributed by atoms with Gasteiger partial charge in [-0.25, -0.2) is 0 Å². The van der Waals surface area contributed by atoms with Gasteiger partial charge >= 0.3 is 0 Å². The van der Waals surface area contributed by atoms with Crippen LogP contribution in [0, 0.1) is 40.4 Å². The highest BCUT2D eigenvalue weighted by Crippen LogP contribution is 2.67. The van der Waals surface area contributed by atoms with Gasteiger partial charge in [0.15, 0.2) is 0 Å². The second-order valence-electron chi connectivity index (χ2n) is 9.80. The highest BCUT2D eigenvalue weighted by molar-refractivity contribution is 5.16. The highest BCUT2D eigenvalue weighted by atomic mass is 14.6. The molecule has 0 amide bonds. The van der Waals surface area contributed by atoms with Gasteiger partial charge in [-0.05, 0) is 98.2 Å². The van der Waals surface area contributed by atoms with Crippen LogP contribution in [0.25, 0.3) is 0 Å². The lowest BCUT2D eigenvalue weighted by Gasteiger charge is -2.60. The molecule has 7 unspecified atom stereocenters. The minimum atomic E-state index is 0.634. The summed E-state index contributed by atoms with van der Waals surface area (Å²) in [6.07, 6.45) is 15.9. The summed E-state index contributed by atoms with van der Waals surface area (Å²) >= 11 is 0. The quantitative estimate of drug-likeness (QED) is 0.478. The standard InChI is InChI=1S/C22H36/c1-5-16-10-12-22(4)17(14-16)7-8-18-19-9-6-15(2)21(19,3)13-11-20(18)22/h10,15,17-20H,5-9,11-14H2,1-4H3. The topological polar surface area (TPSA) is 0 Å². The molecule has 0 saturated heterocycles. The molecule has 0 aromatic heterocycles. The van der Waals surface area contributed by atoms with E-state index in [0.717, 1.165) is 29.6 Å². The Morgan fingerprint density at radius 3 is 2.55 bits per heavy atom. The molecule has 0 radical (unpaired) electrons. The third-order valence-electron chi connectivity index (χ3n) is 9.33. The average Bonchev–Trinajstić information content (AvgIpc) is 2.82. The van der Waals surface area contributed by atoms with E-state index >= 15 is 0 Å². The molecule has 7 atom stereocenters. The number of allylic oxidation sites excluding steroid dienone is 2. The van der Waals surface area contributed by atoms with Crippen LogP contribution in [0.1, 0.15) is 85.5 Å². The van der Waals surface area contributed by atoms with Crippen molar-refractivity contribution >= 4 is 0 Å². The van der Waals surface area contributed by atoms with E-state index in [-0.39, 0.29) is 0 Å². The Kier molecular flexibility index (Phi) is 3.55. The van der Waals surface area contributed by atoms with Gasteiger partial charge in [0.1, 0.15) is 0 Å². The normalized spacial score (nSPS) is 54.2. The monoisotopic (exact) mass is 300 g/mol. The third-order valence-corrected chi connectivity index (χ3v) is 9.33.